The van der Waals surface area contributed by atoms with Crippen molar-refractivity contribution in [2.75, 3.05) is 0 Å². The maximum absolute atomic E-state index is 12.3. The van der Waals surface area contributed by atoms with Crippen LogP contribution in [0.1, 0.15) is 24.5 Å². The molecule has 1 unspecified atom stereocenters. The molecule has 0 bridgehead atoms. The molecular weight excluding hydrogens is 231 g/mol. The van der Waals surface area contributed by atoms with Gasteiger partial charge in [0, 0.05) is 5.92 Å². The van der Waals surface area contributed by atoms with Gasteiger partial charge in [0.1, 0.15) is 0 Å². The zero-order valence-electron chi connectivity index (χ0n) is 9.42. The monoisotopic (exact) mass is 245 g/mol. The third-order valence-corrected chi connectivity index (χ3v) is 2.63. The molecule has 0 spiro atoms. The molecule has 0 heterocycles. The molecule has 5 heteroatoms. The first-order valence-electron chi connectivity index (χ1n) is 5.26. The van der Waals surface area contributed by atoms with Crippen molar-refractivity contribution in [3.63, 3.8) is 0 Å². The number of aryl methyl sites for hydroxylation is 1. The first-order valence-corrected chi connectivity index (χ1v) is 5.26. The SMILES string of the molecule is CC(CCc1ccc(C(F)(F)F)cc1)C(N)=O. The van der Waals surface area contributed by atoms with Crippen molar-refractivity contribution < 1.29 is 18.0 Å². The van der Waals surface area contributed by atoms with E-state index < -0.39 is 17.6 Å². The molecule has 0 saturated carbocycles. The third-order valence-electron chi connectivity index (χ3n) is 2.63. The van der Waals surface area contributed by atoms with E-state index in [-0.39, 0.29) is 5.92 Å². The van der Waals surface area contributed by atoms with E-state index >= 15 is 0 Å². The lowest BCUT2D eigenvalue weighted by Gasteiger charge is -2.09. The van der Waals surface area contributed by atoms with Gasteiger partial charge < -0.3 is 5.73 Å². The van der Waals surface area contributed by atoms with E-state index in [9.17, 15) is 18.0 Å². The lowest BCUT2D eigenvalue weighted by atomic mass is 10.00. The van der Waals surface area contributed by atoms with E-state index in [0.29, 0.717) is 12.8 Å². The molecule has 0 aromatic heterocycles. The second kappa shape index (κ2) is 5.21. The quantitative estimate of drug-likeness (QED) is 0.870. The van der Waals surface area contributed by atoms with Crippen LogP contribution in [0, 0.1) is 5.92 Å². The number of amides is 1. The molecule has 1 aromatic carbocycles. The summed E-state index contributed by atoms with van der Waals surface area (Å²) < 4.78 is 36.8. The summed E-state index contributed by atoms with van der Waals surface area (Å²) in [7, 11) is 0. The fourth-order valence-corrected chi connectivity index (χ4v) is 1.39. The minimum atomic E-state index is -4.31. The van der Waals surface area contributed by atoms with Crippen LogP contribution < -0.4 is 5.73 Å². The van der Waals surface area contributed by atoms with Crippen LogP contribution in [0.15, 0.2) is 24.3 Å². The summed E-state index contributed by atoms with van der Waals surface area (Å²) >= 11 is 0. The van der Waals surface area contributed by atoms with Crippen LogP contribution in [0.4, 0.5) is 13.2 Å². The first kappa shape index (κ1) is 13.5. The van der Waals surface area contributed by atoms with Gasteiger partial charge in [-0.25, -0.2) is 0 Å². The average Bonchev–Trinajstić information content (AvgIpc) is 2.25. The topological polar surface area (TPSA) is 43.1 Å². The Morgan fingerprint density at radius 2 is 1.82 bits per heavy atom. The molecule has 1 rings (SSSR count). The fraction of sp³-hybridized carbons (Fsp3) is 0.417. The number of rotatable bonds is 4. The van der Waals surface area contributed by atoms with Gasteiger partial charge in [0.05, 0.1) is 5.56 Å². The van der Waals surface area contributed by atoms with E-state index in [1.54, 1.807) is 6.92 Å². The number of halogens is 3. The van der Waals surface area contributed by atoms with Gasteiger partial charge in [-0.1, -0.05) is 19.1 Å². The van der Waals surface area contributed by atoms with E-state index in [0.717, 1.165) is 17.7 Å². The Kier molecular flexibility index (Phi) is 4.15. The highest BCUT2D eigenvalue weighted by Gasteiger charge is 2.29. The molecule has 0 fully saturated rings. The van der Waals surface area contributed by atoms with E-state index in [1.165, 1.54) is 12.1 Å². The summed E-state index contributed by atoms with van der Waals surface area (Å²) in [5, 5.41) is 0. The molecule has 2 nitrogen and oxygen atoms in total. The van der Waals surface area contributed by atoms with Crippen LogP contribution in [0.5, 0.6) is 0 Å². The maximum atomic E-state index is 12.3. The van der Waals surface area contributed by atoms with Gasteiger partial charge in [0.2, 0.25) is 5.91 Å². The summed E-state index contributed by atoms with van der Waals surface area (Å²) in [4.78, 5) is 10.8. The number of carbonyl (C=O) groups is 1. The molecule has 17 heavy (non-hydrogen) atoms. The van der Waals surface area contributed by atoms with Gasteiger partial charge in [-0.3, -0.25) is 4.79 Å². The standard InChI is InChI=1S/C12H14F3NO/c1-8(11(16)17)2-3-9-4-6-10(7-5-9)12(13,14)15/h4-8H,2-3H2,1H3,(H2,16,17). The molecule has 0 radical (unpaired) electrons. The lowest BCUT2D eigenvalue weighted by Crippen LogP contribution is -2.20. The summed E-state index contributed by atoms with van der Waals surface area (Å²) in [5.41, 5.74) is 5.20. The Hall–Kier alpha value is -1.52. The highest BCUT2D eigenvalue weighted by Crippen LogP contribution is 2.29. The van der Waals surface area contributed by atoms with Crippen molar-refractivity contribution in [1.82, 2.24) is 0 Å². The van der Waals surface area contributed by atoms with Gasteiger partial charge in [0.25, 0.3) is 0 Å². The van der Waals surface area contributed by atoms with E-state index in [1.807, 2.05) is 0 Å². The number of benzene rings is 1. The summed E-state index contributed by atoms with van der Waals surface area (Å²) in [6.07, 6.45) is -3.22. The third kappa shape index (κ3) is 4.09. The van der Waals surface area contributed by atoms with Gasteiger partial charge >= 0.3 is 6.18 Å². The maximum Gasteiger partial charge on any atom is 0.416 e. The largest absolute Gasteiger partial charge is 0.416 e. The molecule has 0 aliphatic heterocycles. The zero-order valence-corrected chi connectivity index (χ0v) is 9.42. The van der Waals surface area contributed by atoms with Gasteiger partial charge in [-0.05, 0) is 30.5 Å². The predicted octanol–water partition coefficient (Wildman–Crippen LogP) is 2.76. The van der Waals surface area contributed by atoms with Crippen LogP contribution in [-0.2, 0) is 17.4 Å². The van der Waals surface area contributed by atoms with Crippen molar-refractivity contribution in [3.05, 3.63) is 35.4 Å². The molecule has 1 amide bonds. The average molecular weight is 245 g/mol. The van der Waals surface area contributed by atoms with Crippen LogP contribution in [0.2, 0.25) is 0 Å². The molecule has 94 valence electrons. The van der Waals surface area contributed by atoms with Crippen LogP contribution in [0.25, 0.3) is 0 Å². The van der Waals surface area contributed by atoms with Gasteiger partial charge in [0.15, 0.2) is 0 Å². The Morgan fingerprint density at radius 1 is 1.29 bits per heavy atom. The highest BCUT2D eigenvalue weighted by atomic mass is 19.4. The summed E-state index contributed by atoms with van der Waals surface area (Å²) in [6, 6.07) is 4.95. The number of hydrogen-bond acceptors (Lipinski definition) is 1. The highest BCUT2D eigenvalue weighted by molar-refractivity contribution is 5.76. The Labute approximate surface area is 97.6 Å². The number of primary amides is 1. The minimum absolute atomic E-state index is 0.266. The summed E-state index contributed by atoms with van der Waals surface area (Å²) in [5.74, 6) is -0.658. The van der Waals surface area contributed by atoms with Crippen LogP contribution >= 0.6 is 0 Å². The van der Waals surface area contributed by atoms with Gasteiger partial charge in [-0.2, -0.15) is 13.2 Å². The lowest BCUT2D eigenvalue weighted by molar-refractivity contribution is -0.137. The van der Waals surface area contributed by atoms with E-state index in [4.69, 9.17) is 5.73 Å². The minimum Gasteiger partial charge on any atom is -0.369 e. The summed E-state index contributed by atoms with van der Waals surface area (Å²) in [6.45, 7) is 1.70. The molecular formula is C12H14F3NO. The molecule has 0 aliphatic carbocycles. The Morgan fingerprint density at radius 3 is 2.24 bits per heavy atom. The Balaban J connectivity index is 2.60. The second-order valence-electron chi connectivity index (χ2n) is 4.04. The number of carbonyl (C=O) groups excluding carboxylic acids is 1. The number of nitrogens with two attached hydrogens (primary N) is 1. The normalized spacial score (nSPS) is 13.4. The van der Waals surface area contributed by atoms with Crippen molar-refractivity contribution in [2.45, 2.75) is 25.9 Å². The molecule has 1 atom stereocenters. The first-order chi connectivity index (χ1) is 7.80. The smallest absolute Gasteiger partial charge is 0.369 e. The fourth-order valence-electron chi connectivity index (χ4n) is 1.39. The molecule has 0 saturated heterocycles. The van der Waals surface area contributed by atoms with Crippen molar-refractivity contribution >= 4 is 5.91 Å². The molecule has 0 aliphatic rings. The molecule has 2 N–H and O–H groups in total. The van der Waals surface area contributed by atoms with Crippen LogP contribution in [0.3, 0.4) is 0 Å². The van der Waals surface area contributed by atoms with Crippen LogP contribution in [-0.4, -0.2) is 5.91 Å². The van der Waals surface area contributed by atoms with Crippen molar-refractivity contribution in [3.8, 4) is 0 Å². The number of hydrogen-bond donors (Lipinski definition) is 1. The van der Waals surface area contributed by atoms with Crippen molar-refractivity contribution in [2.24, 2.45) is 11.7 Å². The number of alkyl halides is 3. The molecule has 1 aromatic rings. The van der Waals surface area contributed by atoms with E-state index in [2.05, 4.69) is 0 Å². The van der Waals surface area contributed by atoms with Gasteiger partial charge in [-0.15, -0.1) is 0 Å². The predicted molar refractivity (Wildman–Crippen MR) is 58.1 cm³/mol. The zero-order chi connectivity index (χ0) is 13.1. The Bertz CT molecular complexity index is 384. The second-order valence-corrected chi connectivity index (χ2v) is 4.04. The van der Waals surface area contributed by atoms with Crippen molar-refractivity contribution in [1.29, 1.82) is 0 Å².